The molecule has 0 saturated heterocycles. The van der Waals surface area contributed by atoms with Crippen LogP contribution in [-0.2, 0) is 4.74 Å². The normalized spacial score (nSPS) is 10.9. The first-order valence-electron chi connectivity index (χ1n) is 11.0. The minimum absolute atomic E-state index is 0.136. The highest BCUT2D eigenvalue weighted by molar-refractivity contribution is 6.07. The maximum Gasteiger partial charge on any atom is 0.340 e. The SMILES string of the molecule is CCOC(=O)c1ccccc1NC(=O)c1nnn(-c2ccc3noc(-c4ccccc4)c3c2)c1C. The number of anilines is 1. The first kappa shape index (κ1) is 22.0. The number of hydrogen-bond acceptors (Lipinski definition) is 7. The van der Waals surface area contributed by atoms with Gasteiger partial charge >= 0.3 is 5.97 Å². The first-order chi connectivity index (χ1) is 17.1. The van der Waals surface area contributed by atoms with Gasteiger partial charge in [-0.3, -0.25) is 4.79 Å². The average Bonchev–Trinajstić information content (AvgIpc) is 3.48. The van der Waals surface area contributed by atoms with Crippen LogP contribution in [0.25, 0.3) is 27.9 Å². The van der Waals surface area contributed by atoms with E-state index in [4.69, 9.17) is 9.26 Å². The minimum atomic E-state index is -0.514. The molecule has 1 amide bonds. The summed E-state index contributed by atoms with van der Waals surface area (Å²) >= 11 is 0. The summed E-state index contributed by atoms with van der Waals surface area (Å²) in [5.41, 5.74) is 3.59. The van der Waals surface area contributed by atoms with Crippen molar-refractivity contribution in [1.29, 1.82) is 0 Å². The van der Waals surface area contributed by atoms with E-state index in [-0.39, 0.29) is 17.9 Å². The van der Waals surface area contributed by atoms with Gasteiger partial charge in [0.2, 0.25) is 0 Å². The van der Waals surface area contributed by atoms with Crippen LogP contribution >= 0.6 is 0 Å². The number of esters is 1. The van der Waals surface area contributed by atoms with Crippen molar-refractivity contribution in [1.82, 2.24) is 20.2 Å². The fraction of sp³-hybridized carbons (Fsp3) is 0.115. The molecule has 35 heavy (non-hydrogen) atoms. The lowest BCUT2D eigenvalue weighted by Gasteiger charge is -2.09. The summed E-state index contributed by atoms with van der Waals surface area (Å²) in [4.78, 5) is 25.3. The zero-order valence-corrected chi connectivity index (χ0v) is 19.1. The van der Waals surface area contributed by atoms with E-state index in [1.807, 2.05) is 48.5 Å². The molecule has 0 fully saturated rings. The Labute approximate surface area is 200 Å². The lowest BCUT2D eigenvalue weighted by atomic mass is 10.1. The number of aromatic nitrogens is 4. The molecule has 1 N–H and O–H groups in total. The number of benzene rings is 3. The van der Waals surface area contributed by atoms with E-state index in [0.29, 0.717) is 28.3 Å². The quantitative estimate of drug-likeness (QED) is 0.357. The third kappa shape index (κ3) is 4.15. The van der Waals surface area contributed by atoms with Gasteiger partial charge in [-0.2, -0.15) is 0 Å². The number of para-hydroxylation sites is 1. The van der Waals surface area contributed by atoms with E-state index in [1.165, 1.54) is 0 Å². The Morgan fingerprint density at radius 2 is 1.80 bits per heavy atom. The molecule has 0 bridgehead atoms. The van der Waals surface area contributed by atoms with Gasteiger partial charge in [0.15, 0.2) is 11.5 Å². The predicted molar refractivity (Wildman–Crippen MR) is 129 cm³/mol. The van der Waals surface area contributed by atoms with E-state index < -0.39 is 11.9 Å². The van der Waals surface area contributed by atoms with Crippen molar-refractivity contribution < 1.29 is 18.8 Å². The number of nitrogens with zero attached hydrogens (tertiary/aromatic N) is 4. The average molecular weight is 467 g/mol. The Kier molecular flexibility index (Phi) is 5.80. The smallest absolute Gasteiger partial charge is 0.340 e. The first-order valence-corrected chi connectivity index (χ1v) is 11.0. The van der Waals surface area contributed by atoms with Gasteiger partial charge in [-0.1, -0.05) is 52.8 Å². The highest BCUT2D eigenvalue weighted by atomic mass is 16.5. The van der Waals surface area contributed by atoms with E-state index in [9.17, 15) is 9.59 Å². The minimum Gasteiger partial charge on any atom is -0.462 e. The molecule has 9 heteroatoms. The van der Waals surface area contributed by atoms with Crippen molar-refractivity contribution in [3.63, 3.8) is 0 Å². The van der Waals surface area contributed by atoms with Crippen LogP contribution in [0.3, 0.4) is 0 Å². The summed E-state index contributed by atoms with van der Waals surface area (Å²) in [7, 11) is 0. The Bertz CT molecular complexity index is 1540. The number of hydrogen-bond donors (Lipinski definition) is 1. The van der Waals surface area contributed by atoms with Crippen LogP contribution in [0.5, 0.6) is 0 Å². The summed E-state index contributed by atoms with van der Waals surface area (Å²) in [6.07, 6.45) is 0. The van der Waals surface area contributed by atoms with Crippen LogP contribution in [0.1, 0.15) is 33.5 Å². The Morgan fingerprint density at radius 1 is 1.03 bits per heavy atom. The van der Waals surface area contributed by atoms with Gasteiger partial charge in [0.05, 0.1) is 34.6 Å². The number of nitrogens with one attached hydrogen (secondary N) is 1. The molecule has 3 aromatic carbocycles. The maximum absolute atomic E-state index is 13.0. The number of fused-ring (bicyclic) bond motifs is 1. The van der Waals surface area contributed by atoms with Crippen LogP contribution < -0.4 is 5.32 Å². The lowest BCUT2D eigenvalue weighted by Crippen LogP contribution is -2.17. The van der Waals surface area contributed by atoms with Gasteiger partial charge < -0.3 is 14.6 Å². The van der Waals surface area contributed by atoms with Crippen molar-refractivity contribution in [3.05, 3.63) is 89.7 Å². The highest BCUT2D eigenvalue weighted by Gasteiger charge is 2.21. The number of rotatable bonds is 6. The number of carbonyl (C=O) groups is 2. The fourth-order valence-corrected chi connectivity index (χ4v) is 3.80. The van der Waals surface area contributed by atoms with Gasteiger partial charge in [-0.25, -0.2) is 9.48 Å². The molecule has 5 aromatic rings. The van der Waals surface area contributed by atoms with Gasteiger partial charge in [0.1, 0.15) is 5.52 Å². The molecule has 0 radical (unpaired) electrons. The summed E-state index contributed by atoms with van der Waals surface area (Å²) in [6.45, 7) is 3.71. The molecule has 0 aliphatic carbocycles. The van der Waals surface area contributed by atoms with Crippen molar-refractivity contribution in [3.8, 4) is 17.0 Å². The molecule has 2 heterocycles. The summed E-state index contributed by atoms with van der Waals surface area (Å²) < 4.78 is 12.2. The lowest BCUT2D eigenvalue weighted by molar-refractivity contribution is 0.0527. The molecule has 0 spiro atoms. The largest absolute Gasteiger partial charge is 0.462 e. The number of ether oxygens (including phenoxy) is 1. The van der Waals surface area contributed by atoms with E-state index in [1.54, 1.807) is 42.8 Å². The molecule has 0 aliphatic heterocycles. The summed E-state index contributed by atoms with van der Waals surface area (Å²) in [6, 6.07) is 21.9. The van der Waals surface area contributed by atoms with Crippen molar-refractivity contribution in [2.75, 3.05) is 11.9 Å². The molecule has 5 rings (SSSR count). The predicted octanol–water partition coefficient (Wildman–Crippen LogP) is 4.81. The Morgan fingerprint density at radius 3 is 2.60 bits per heavy atom. The second kappa shape index (κ2) is 9.22. The molecule has 0 unspecified atom stereocenters. The van der Waals surface area contributed by atoms with Crippen LogP contribution in [0.15, 0.2) is 77.3 Å². The summed E-state index contributed by atoms with van der Waals surface area (Å²) in [5.74, 6) is -0.352. The molecule has 174 valence electrons. The second-order valence-electron chi connectivity index (χ2n) is 7.73. The van der Waals surface area contributed by atoms with Crippen LogP contribution in [0.4, 0.5) is 5.69 Å². The van der Waals surface area contributed by atoms with Gasteiger partial charge in [0.25, 0.3) is 5.91 Å². The molecule has 0 saturated carbocycles. The van der Waals surface area contributed by atoms with Crippen molar-refractivity contribution in [2.45, 2.75) is 13.8 Å². The van der Waals surface area contributed by atoms with Crippen LogP contribution in [-0.4, -0.2) is 38.6 Å². The van der Waals surface area contributed by atoms with Crippen LogP contribution in [0.2, 0.25) is 0 Å². The van der Waals surface area contributed by atoms with Gasteiger partial charge in [-0.05, 0) is 44.2 Å². The molecular formula is C26H21N5O4. The number of carbonyl (C=O) groups excluding carboxylic acids is 2. The number of amides is 1. The van der Waals surface area contributed by atoms with Crippen molar-refractivity contribution >= 4 is 28.5 Å². The maximum atomic E-state index is 13.0. The second-order valence-corrected chi connectivity index (χ2v) is 7.73. The Balaban J connectivity index is 1.46. The topological polar surface area (TPSA) is 112 Å². The zero-order chi connectivity index (χ0) is 24.4. The molecule has 2 aromatic heterocycles. The third-order valence-electron chi connectivity index (χ3n) is 5.52. The van der Waals surface area contributed by atoms with Gasteiger partial charge in [0, 0.05) is 5.56 Å². The monoisotopic (exact) mass is 467 g/mol. The van der Waals surface area contributed by atoms with Crippen LogP contribution in [0, 0.1) is 6.92 Å². The Hall–Kier alpha value is -4.79. The molecular weight excluding hydrogens is 446 g/mol. The highest BCUT2D eigenvalue weighted by Crippen LogP contribution is 2.30. The van der Waals surface area contributed by atoms with Gasteiger partial charge in [-0.15, -0.1) is 5.10 Å². The molecule has 0 atom stereocenters. The van der Waals surface area contributed by atoms with E-state index in [2.05, 4.69) is 20.8 Å². The molecule has 9 nitrogen and oxygen atoms in total. The van der Waals surface area contributed by atoms with E-state index >= 15 is 0 Å². The standard InChI is InChI=1S/C26H21N5O4/c1-3-34-26(33)19-11-7-8-12-21(19)27-25(32)23-16(2)31(30-28-23)18-13-14-22-20(15-18)24(35-29-22)17-9-5-4-6-10-17/h4-15H,3H2,1-2H3,(H,27,32). The molecule has 0 aliphatic rings. The van der Waals surface area contributed by atoms with Crippen molar-refractivity contribution in [2.24, 2.45) is 0 Å². The van der Waals surface area contributed by atoms with E-state index in [0.717, 1.165) is 10.9 Å². The zero-order valence-electron chi connectivity index (χ0n) is 19.1. The fourth-order valence-electron chi connectivity index (χ4n) is 3.80. The summed E-state index contributed by atoms with van der Waals surface area (Å²) in [5, 5.41) is 16.0. The third-order valence-corrected chi connectivity index (χ3v) is 5.52.